The summed E-state index contributed by atoms with van der Waals surface area (Å²) in [6.07, 6.45) is 5.21. The largest absolute Gasteiger partial charge is 0.330 e. The fraction of sp³-hybridized carbons (Fsp3) is 0.200. The van der Waals surface area contributed by atoms with E-state index in [1.165, 1.54) is 29.9 Å². The summed E-state index contributed by atoms with van der Waals surface area (Å²) in [4.78, 5) is 23.7. The predicted molar refractivity (Wildman–Crippen MR) is 64.9 cm³/mol. The van der Waals surface area contributed by atoms with Gasteiger partial charge < -0.3 is 11.1 Å². The molecule has 17 heavy (non-hydrogen) atoms. The molecule has 2 aromatic heterocycles. The molecule has 6 nitrogen and oxygen atoms in total. The minimum Gasteiger partial charge on any atom is -0.330 e. The maximum atomic E-state index is 11.8. The van der Waals surface area contributed by atoms with Crippen LogP contribution in [0.2, 0.25) is 0 Å². The highest BCUT2D eigenvalue weighted by atomic mass is 32.1. The molecule has 2 heterocycles. The number of amides is 1. The monoisotopic (exact) mass is 249 g/mol. The molecular weight excluding hydrogens is 238 g/mol. The van der Waals surface area contributed by atoms with Gasteiger partial charge in [-0.1, -0.05) is 0 Å². The third-order valence-corrected chi connectivity index (χ3v) is 2.86. The fourth-order valence-electron chi connectivity index (χ4n) is 1.20. The summed E-state index contributed by atoms with van der Waals surface area (Å²) in [6.45, 7) is 0.527. The molecule has 2 aromatic rings. The van der Waals surface area contributed by atoms with Crippen molar-refractivity contribution in [2.24, 2.45) is 5.73 Å². The smallest absolute Gasteiger partial charge is 0.276 e. The number of nitrogens with one attached hydrogen (secondary N) is 1. The summed E-state index contributed by atoms with van der Waals surface area (Å²) in [5.41, 5.74) is 5.80. The zero-order valence-electron chi connectivity index (χ0n) is 8.96. The van der Waals surface area contributed by atoms with E-state index in [0.717, 1.165) is 5.01 Å². The van der Waals surface area contributed by atoms with Crippen molar-refractivity contribution in [1.82, 2.24) is 15.0 Å². The van der Waals surface area contributed by atoms with Crippen LogP contribution in [0.4, 0.5) is 5.82 Å². The van der Waals surface area contributed by atoms with Gasteiger partial charge >= 0.3 is 0 Å². The number of aromatic nitrogens is 3. The maximum absolute atomic E-state index is 11.8. The van der Waals surface area contributed by atoms with E-state index in [2.05, 4.69) is 20.3 Å². The van der Waals surface area contributed by atoms with Crippen molar-refractivity contribution in [3.8, 4) is 0 Å². The highest BCUT2D eigenvalue weighted by Crippen LogP contribution is 2.11. The Labute approximate surface area is 102 Å². The van der Waals surface area contributed by atoms with Gasteiger partial charge in [0.1, 0.15) is 5.69 Å². The van der Waals surface area contributed by atoms with E-state index in [-0.39, 0.29) is 5.91 Å². The lowest BCUT2D eigenvalue weighted by Gasteiger charge is -1.99. The topological polar surface area (TPSA) is 93.8 Å². The zero-order chi connectivity index (χ0) is 12.1. The Bertz CT molecular complexity index is 498. The standard InChI is InChI=1S/C10H11N5OS/c11-2-1-9-14-7(6-17-9)10(16)15-8-5-12-3-4-13-8/h3-6H,1-2,11H2,(H,13,15,16). The van der Waals surface area contributed by atoms with E-state index in [4.69, 9.17) is 5.73 Å². The second-order valence-corrected chi connectivity index (χ2v) is 4.15. The molecule has 0 bridgehead atoms. The summed E-state index contributed by atoms with van der Waals surface area (Å²) >= 11 is 1.43. The van der Waals surface area contributed by atoms with E-state index in [9.17, 15) is 4.79 Å². The Balaban J connectivity index is 2.04. The second-order valence-electron chi connectivity index (χ2n) is 3.21. The van der Waals surface area contributed by atoms with E-state index in [1.54, 1.807) is 5.38 Å². The molecule has 88 valence electrons. The second kappa shape index (κ2) is 5.46. The average Bonchev–Trinajstić information content (AvgIpc) is 2.79. The number of hydrogen-bond donors (Lipinski definition) is 2. The number of anilines is 1. The molecule has 3 N–H and O–H groups in total. The highest BCUT2D eigenvalue weighted by molar-refractivity contribution is 7.09. The molecule has 0 aliphatic carbocycles. The first-order chi connectivity index (χ1) is 8.29. The summed E-state index contributed by atoms with van der Waals surface area (Å²) in [7, 11) is 0. The molecule has 0 fully saturated rings. The molecule has 0 unspecified atom stereocenters. The van der Waals surface area contributed by atoms with Crippen LogP contribution in [0, 0.1) is 0 Å². The predicted octanol–water partition coefficient (Wildman–Crippen LogP) is 0.687. The Morgan fingerprint density at radius 3 is 3.06 bits per heavy atom. The number of nitrogens with two attached hydrogens (primary N) is 1. The van der Waals surface area contributed by atoms with Crippen molar-refractivity contribution in [3.63, 3.8) is 0 Å². The minimum atomic E-state index is -0.287. The van der Waals surface area contributed by atoms with Crippen LogP contribution >= 0.6 is 11.3 Å². The summed E-state index contributed by atoms with van der Waals surface area (Å²) < 4.78 is 0. The van der Waals surface area contributed by atoms with Crippen LogP contribution in [0.5, 0.6) is 0 Å². The quantitative estimate of drug-likeness (QED) is 0.831. The Kier molecular flexibility index (Phi) is 3.73. The number of carbonyl (C=O) groups is 1. The van der Waals surface area contributed by atoms with Crippen molar-refractivity contribution < 1.29 is 4.79 Å². The van der Waals surface area contributed by atoms with Crippen LogP contribution in [-0.2, 0) is 6.42 Å². The summed E-state index contributed by atoms with van der Waals surface area (Å²) in [5, 5.41) is 5.18. The van der Waals surface area contributed by atoms with Gasteiger partial charge in [0.15, 0.2) is 5.82 Å². The van der Waals surface area contributed by atoms with Crippen molar-refractivity contribution >= 4 is 23.1 Å². The van der Waals surface area contributed by atoms with Gasteiger partial charge in [-0.25, -0.2) is 9.97 Å². The number of thiazole rings is 1. The minimum absolute atomic E-state index is 0.287. The first-order valence-electron chi connectivity index (χ1n) is 5.01. The molecule has 0 saturated carbocycles. The zero-order valence-corrected chi connectivity index (χ0v) is 9.78. The molecule has 0 aliphatic heterocycles. The Morgan fingerprint density at radius 2 is 2.35 bits per heavy atom. The molecule has 0 spiro atoms. The van der Waals surface area contributed by atoms with Crippen LogP contribution < -0.4 is 11.1 Å². The van der Waals surface area contributed by atoms with Gasteiger partial charge in [0.25, 0.3) is 5.91 Å². The normalized spacial score (nSPS) is 10.2. The molecule has 0 atom stereocenters. The first-order valence-corrected chi connectivity index (χ1v) is 5.89. The summed E-state index contributed by atoms with van der Waals surface area (Å²) in [6, 6.07) is 0. The molecule has 0 aromatic carbocycles. The first kappa shape index (κ1) is 11.6. The van der Waals surface area contributed by atoms with Crippen molar-refractivity contribution in [2.75, 3.05) is 11.9 Å². The molecule has 0 aliphatic rings. The number of hydrogen-bond acceptors (Lipinski definition) is 6. The van der Waals surface area contributed by atoms with E-state index < -0.39 is 0 Å². The summed E-state index contributed by atoms with van der Waals surface area (Å²) in [5.74, 6) is 0.121. The van der Waals surface area contributed by atoms with Gasteiger partial charge in [-0.15, -0.1) is 11.3 Å². The lowest BCUT2D eigenvalue weighted by atomic mass is 10.4. The van der Waals surface area contributed by atoms with Crippen molar-refractivity contribution in [2.45, 2.75) is 6.42 Å². The van der Waals surface area contributed by atoms with Crippen molar-refractivity contribution in [1.29, 1.82) is 0 Å². The fourth-order valence-corrected chi connectivity index (χ4v) is 1.99. The maximum Gasteiger partial charge on any atom is 0.276 e. The van der Waals surface area contributed by atoms with E-state index >= 15 is 0 Å². The van der Waals surface area contributed by atoms with Gasteiger partial charge in [0.05, 0.1) is 11.2 Å². The van der Waals surface area contributed by atoms with Gasteiger partial charge in [-0.05, 0) is 6.54 Å². The van der Waals surface area contributed by atoms with Gasteiger partial charge in [-0.2, -0.15) is 0 Å². The third kappa shape index (κ3) is 3.05. The average molecular weight is 249 g/mol. The molecule has 0 radical (unpaired) electrons. The number of carbonyl (C=O) groups excluding carboxylic acids is 1. The van der Waals surface area contributed by atoms with Gasteiger partial charge in [0, 0.05) is 24.2 Å². The molecule has 2 rings (SSSR count). The number of nitrogens with zero attached hydrogens (tertiary/aromatic N) is 3. The Morgan fingerprint density at radius 1 is 1.47 bits per heavy atom. The third-order valence-electron chi connectivity index (χ3n) is 1.95. The van der Waals surface area contributed by atoms with E-state index in [1.807, 2.05) is 0 Å². The van der Waals surface area contributed by atoms with E-state index in [0.29, 0.717) is 24.5 Å². The van der Waals surface area contributed by atoms with Crippen LogP contribution in [0.3, 0.4) is 0 Å². The molecular formula is C10H11N5OS. The molecule has 1 amide bonds. The molecule has 7 heteroatoms. The highest BCUT2D eigenvalue weighted by Gasteiger charge is 2.11. The lowest BCUT2D eigenvalue weighted by molar-refractivity contribution is 0.102. The number of rotatable bonds is 4. The SMILES string of the molecule is NCCc1nc(C(=O)Nc2cnccn2)cs1. The Hall–Kier alpha value is -1.86. The van der Waals surface area contributed by atoms with Crippen LogP contribution in [-0.4, -0.2) is 27.4 Å². The lowest BCUT2D eigenvalue weighted by Crippen LogP contribution is -2.13. The molecule has 0 saturated heterocycles. The van der Waals surface area contributed by atoms with Crippen LogP contribution in [0.1, 0.15) is 15.5 Å². The van der Waals surface area contributed by atoms with Crippen LogP contribution in [0.25, 0.3) is 0 Å². The van der Waals surface area contributed by atoms with Crippen molar-refractivity contribution in [3.05, 3.63) is 34.7 Å². The van der Waals surface area contributed by atoms with Crippen LogP contribution in [0.15, 0.2) is 24.0 Å². The van der Waals surface area contributed by atoms with Gasteiger partial charge in [0.2, 0.25) is 0 Å². The van der Waals surface area contributed by atoms with Gasteiger partial charge in [-0.3, -0.25) is 9.78 Å².